The van der Waals surface area contributed by atoms with Crippen LogP contribution >= 0.6 is 0 Å². The summed E-state index contributed by atoms with van der Waals surface area (Å²) in [4.78, 5) is 12.7. The van der Waals surface area contributed by atoms with Crippen molar-refractivity contribution in [1.82, 2.24) is 0 Å². The van der Waals surface area contributed by atoms with Crippen LogP contribution in [0.25, 0.3) is 0 Å². The molecule has 0 aromatic rings. The van der Waals surface area contributed by atoms with Crippen molar-refractivity contribution in [3.05, 3.63) is 0 Å². The summed E-state index contributed by atoms with van der Waals surface area (Å²) in [5.74, 6) is 1.16. The maximum atomic E-state index is 12.7. The lowest BCUT2D eigenvalue weighted by Gasteiger charge is -2.72. The lowest BCUT2D eigenvalue weighted by atomic mass is 9.32. The molecule has 11 atom stereocenters. The van der Waals surface area contributed by atoms with Gasteiger partial charge in [-0.2, -0.15) is 0 Å². The smallest absolute Gasteiger partial charge is 0.309 e. The lowest BCUT2D eigenvalue weighted by molar-refractivity contribution is -0.250. The van der Waals surface area contributed by atoms with E-state index in [1.54, 1.807) is 0 Å². The zero-order valence-corrected chi connectivity index (χ0v) is 21.9. The summed E-state index contributed by atoms with van der Waals surface area (Å²) in [6, 6.07) is 0. The molecule has 0 aromatic carbocycles. The van der Waals surface area contributed by atoms with E-state index >= 15 is 0 Å². The summed E-state index contributed by atoms with van der Waals surface area (Å²) in [5.41, 5.74) is -0.126. The van der Waals surface area contributed by atoms with Crippen LogP contribution in [0.1, 0.15) is 106 Å². The van der Waals surface area contributed by atoms with Crippen LogP contribution in [0.4, 0.5) is 0 Å². The minimum atomic E-state index is -0.632. The van der Waals surface area contributed by atoms with Gasteiger partial charge in [-0.15, -0.1) is 0 Å². The van der Waals surface area contributed by atoms with E-state index in [0.29, 0.717) is 17.8 Å². The van der Waals surface area contributed by atoms with Crippen LogP contribution in [0, 0.1) is 56.7 Å². The van der Waals surface area contributed by atoms with E-state index in [0.717, 1.165) is 44.9 Å². The molecule has 5 fully saturated rings. The zero-order valence-electron chi connectivity index (χ0n) is 21.9. The zero-order chi connectivity index (χ0) is 24.2. The van der Waals surface area contributed by atoms with Crippen molar-refractivity contribution >= 4 is 5.97 Å². The summed E-state index contributed by atoms with van der Waals surface area (Å²) in [5, 5.41) is 32.0. The number of rotatable bonds is 2. The van der Waals surface area contributed by atoms with E-state index in [9.17, 15) is 20.1 Å². The predicted octanol–water partition coefficient (Wildman–Crippen LogP) is 5.89. The van der Waals surface area contributed by atoms with E-state index in [1.165, 1.54) is 19.3 Å². The van der Waals surface area contributed by atoms with E-state index in [4.69, 9.17) is 0 Å². The average molecular weight is 461 g/mol. The van der Waals surface area contributed by atoms with Gasteiger partial charge >= 0.3 is 5.97 Å². The highest BCUT2D eigenvalue weighted by Crippen LogP contribution is 2.77. The fourth-order valence-electron chi connectivity index (χ4n) is 11.5. The first kappa shape index (κ1) is 24.1. The molecule has 0 amide bonds. The summed E-state index contributed by atoms with van der Waals surface area (Å²) in [6.45, 7) is 14.1. The summed E-state index contributed by atoms with van der Waals surface area (Å²) in [6.07, 6.45) is 9.39. The minimum Gasteiger partial charge on any atom is -0.481 e. The molecule has 0 spiro atoms. The van der Waals surface area contributed by atoms with E-state index in [1.807, 2.05) is 6.92 Å². The van der Waals surface area contributed by atoms with Crippen molar-refractivity contribution < 1.29 is 20.1 Å². The van der Waals surface area contributed by atoms with Gasteiger partial charge in [0.05, 0.1) is 17.6 Å². The number of fused-ring (bicyclic) bond motifs is 7. The van der Waals surface area contributed by atoms with Gasteiger partial charge in [0, 0.05) is 0 Å². The number of carboxylic acids is 1. The molecule has 0 aliphatic heterocycles. The van der Waals surface area contributed by atoms with Crippen LogP contribution in [0.2, 0.25) is 0 Å². The second-order valence-corrected chi connectivity index (χ2v) is 14.5. The Kier molecular flexibility index (Phi) is 5.27. The Bertz CT molecular complexity index is 820. The van der Waals surface area contributed by atoms with E-state index < -0.39 is 17.5 Å². The highest BCUT2D eigenvalue weighted by atomic mass is 16.4. The van der Waals surface area contributed by atoms with Crippen LogP contribution in [0.5, 0.6) is 0 Å². The van der Waals surface area contributed by atoms with Gasteiger partial charge in [-0.1, -0.05) is 34.6 Å². The number of hydrogen-bond donors (Lipinski definition) is 3. The molecule has 5 saturated carbocycles. The maximum absolute atomic E-state index is 12.7. The highest BCUT2D eigenvalue weighted by Gasteiger charge is 2.72. The molecule has 0 aromatic heterocycles. The quantitative estimate of drug-likeness (QED) is 0.480. The first-order valence-electron chi connectivity index (χ1n) is 13.9. The van der Waals surface area contributed by atoms with Crippen LogP contribution in [-0.4, -0.2) is 33.5 Å². The topological polar surface area (TPSA) is 77.8 Å². The first-order chi connectivity index (χ1) is 15.3. The van der Waals surface area contributed by atoms with Crippen molar-refractivity contribution in [2.45, 2.75) is 118 Å². The number of hydrogen-bond acceptors (Lipinski definition) is 3. The molecule has 4 heteroatoms. The standard InChI is InChI=1S/C29H48O4/c1-17(30)18-9-14-29(24(32)33)16-15-27(5)19(23(18)29)7-8-21-26(4)12-11-22(31)25(2,3)20(26)10-13-28(21,27)6/h17-23,30-31H,7-16H2,1-6H3,(H,32,33)/t17?,18?,19?,20?,21?,22-,23?,26-,27+,28+,29-/m0/s1. The maximum Gasteiger partial charge on any atom is 0.309 e. The van der Waals surface area contributed by atoms with Gasteiger partial charge in [0.15, 0.2) is 0 Å². The van der Waals surface area contributed by atoms with Gasteiger partial charge < -0.3 is 15.3 Å². The Morgan fingerprint density at radius 1 is 0.818 bits per heavy atom. The molecular formula is C29H48O4. The van der Waals surface area contributed by atoms with Crippen LogP contribution in [-0.2, 0) is 4.79 Å². The molecule has 0 radical (unpaired) electrons. The Balaban J connectivity index is 1.56. The molecule has 0 bridgehead atoms. The van der Waals surface area contributed by atoms with Crippen LogP contribution in [0.15, 0.2) is 0 Å². The highest BCUT2D eigenvalue weighted by molar-refractivity contribution is 5.76. The summed E-state index contributed by atoms with van der Waals surface area (Å²) in [7, 11) is 0. The predicted molar refractivity (Wildman–Crippen MR) is 129 cm³/mol. The molecule has 33 heavy (non-hydrogen) atoms. The van der Waals surface area contributed by atoms with Crippen molar-refractivity contribution in [2.75, 3.05) is 0 Å². The van der Waals surface area contributed by atoms with Gasteiger partial charge in [0.2, 0.25) is 0 Å². The minimum absolute atomic E-state index is 0.0417. The number of aliphatic hydroxyl groups excluding tert-OH is 2. The normalized spacial score (nSPS) is 56.1. The summed E-state index contributed by atoms with van der Waals surface area (Å²) < 4.78 is 0. The molecule has 188 valence electrons. The largest absolute Gasteiger partial charge is 0.481 e. The van der Waals surface area contributed by atoms with E-state index in [2.05, 4.69) is 34.6 Å². The third-order valence-electron chi connectivity index (χ3n) is 13.5. The third kappa shape index (κ3) is 2.80. The Hall–Kier alpha value is -0.610. The Morgan fingerprint density at radius 2 is 1.52 bits per heavy atom. The van der Waals surface area contributed by atoms with Gasteiger partial charge in [-0.25, -0.2) is 0 Å². The van der Waals surface area contributed by atoms with Gasteiger partial charge in [-0.3, -0.25) is 4.79 Å². The molecule has 3 N–H and O–H groups in total. The molecule has 4 nitrogen and oxygen atoms in total. The van der Waals surface area contributed by atoms with Crippen LogP contribution < -0.4 is 0 Å². The Labute approximate surface area is 200 Å². The second-order valence-electron chi connectivity index (χ2n) is 14.5. The number of carbonyl (C=O) groups is 1. The van der Waals surface area contributed by atoms with Gasteiger partial charge in [-0.05, 0) is 122 Å². The lowest BCUT2D eigenvalue weighted by Crippen LogP contribution is -2.67. The Morgan fingerprint density at radius 3 is 2.15 bits per heavy atom. The summed E-state index contributed by atoms with van der Waals surface area (Å²) >= 11 is 0. The molecule has 5 rings (SSSR count). The molecular weight excluding hydrogens is 412 g/mol. The van der Waals surface area contributed by atoms with E-state index in [-0.39, 0.29) is 39.6 Å². The van der Waals surface area contributed by atoms with Crippen molar-refractivity contribution in [3.8, 4) is 0 Å². The number of carboxylic acid groups (broad SMARTS) is 1. The van der Waals surface area contributed by atoms with Crippen molar-refractivity contribution in [1.29, 1.82) is 0 Å². The number of aliphatic carboxylic acids is 1. The average Bonchev–Trinajstić information content (AvgIpc) is 3.13. The molecule has 6 unspecified atom stereocenters. The third-order valence-corrected chi connectivity index (χ3v) is 13.5. The number of aliphatic hydroxyl groups is 2. The SMILES string of the molecule is CC(O)C1CC[C@]2(C(=O)O)CC[C@]3(C)C(CCC4[C@@]5(C)CC[C@H](O)C(C)(C)C5CC[C@]43C)C12. The van der Waals surface area contributed by atoms with Crippen molar-refractivity contribution in [2.24, 2.45) is 56.7 Å². The van der Waals surface area contributed by atoms with Crippen molar-refractivity contribution in [3.63, 3.8) is 0 Å². The molecule has 0 saturated heterocycles. The second kappa shape index (κ2) is 7.21. The fourth-order valence-corrected chi connectivity index (χ4v) is 11.5. The van der Waals surface area contributed by atoms with Gasteiger partial charge in [0.1, 0.15) is 0 Å². The first-order valence-corrected chi connectivity index (χ1v) is 13.9. The van der Waals surface area contributed by atoms with Gasteiger partial charge in [0.25, 0.3) is 0 Å². The monoisotopic (exact) mass is 460 g/mol. The molecule has 5 aliphatic carbocycles. The molecule has 0 heterocycles. The fraction of sp³-hybridized carbons (Fsp3) is 0.966. The van der Waals surface area contributed by atoms with Crippen LogP contribution in [0.3, 0.4) is 0 Å². The molecule has 5 aliphatic rings.